The van der Waals surface area contributed by atoms with Crippen molar-refractivity contribution in [1.82, 2.24) is 15.0 Å². The molecule has 152 valence electrons. The molecule has 1 aromatic carbocycles. The van der Waals surface area contributed by atoms with Crippen LogP contribution in [0.25, 0.3) is 10.2 Å². The molecule has 0 aliphatic carbocycles. The van der Waals surface area contributed by atoms with Gasteiger partial charge < -0.3 is 14.8 Å². The van der Waals surface area contributed by atoms with Crippen molar-refractivity contribution >= 4 is 33.7 Å². The lowest BCUT2D eigenvalue weighted by Gasteiger charge is -2.11. The van der Waals surface area contributed by atoms with E-state index < -0.39 is 0 Å². The molecule has 2 aromatic heterocycles. The van der Waals surface area contributed by atoms with E-state index in [4.69, 9.17) is 9.47 Å². The molecule has 0 spiro atoms. The van der Waals surface area contributed by atoms with Crippen LogP contribution in [0, 0.1) is 0 Å². The van der Waals surface area contributed by atoms with Gasteiger partial charge in [-0.3, -0.25) is 9.59 Å². The molecule has 0 atom stereocenters. The molecule has 0 unspecified atom stereocenters. The van der Waals surface area contributed by atoms with Crippen molar-refractivity contribution in [3.8, 4) is 11.5 Å². The number of rotatable bonds is 8. The number of benzene rings is 1. The highest BCUT2D eigenvalue weighted by Crippen LogP contribution is 2.27. The monoisotopic (exact) mass is 414 g/mol. The molecule has 29 heavy (non-hydrogen) atoms. The number of likely N-dealkylation sites (N-methyl/N-ethyl adjacent to an activating group) is 1. The maximum Gasteiger partial charge on any atom is 0.282 e. The highest BCUT2D eigenvalue weighted by Gasteiger charge is 2.09. The van der Waals surface area contributed by atoms with Gasteiger partial charge >= 0.3 is 0 Å². The summed E-state index contributed by atoms with van der Waals surface area (Å²) in [6.45, 7) is 4.32. The van der Waals surface area contributed by atoms with Crippen molar-refractivity contribution < 1.29 is 14.3 Å². The van der Waals surface area contributed by atoms with E-state index >= 15 is 0 Å². The molecule has 0 fully saturated rings. The highest BCUT2D eigenvalue weighted by atomic mass is 32.1. The van der Waals surface area contributed by atoms with Crippen LogP contribution in [0.15, 0.2) is 40.5 Å². The summed E-state index contributed by atoms with van der Waals surface area (Å²) in [4.78, 5) is 30.3. The van der Waals surface area contributed by atoms with E-state index in [1.807, 2.05) is 19.9 Å². The Morgan fingerprint density at radius 3 is 2.86 bits per heavy atom. The number of thiophene rings is 1. The van der Waals surface area contributed by atoms with E-state index in [1.165, 1.54) is 35.7 Å². The molecule has 8 nitrogen and oxygen atoms in total. The first-order valence-corrected chi connectivity index (χ1v) is 9.99. The minimum atomic E-state index is -0.212. The van der Waals surface area contributed by atoms with Crippen LogP contribution >= 0.6 is 11.3 Å². The lowest BCUT2D eigenvalue weighted by molar-refractivity contribution is -0.123. The molecule has 0 aliphatic rings. The van der Waals surface area contributed by atoms with Gasteiger partial charge in [0.2, 0.25) is 0 Å². The van der Waals surface area contributed by atoms with Crippen LogP contribution in [-0.4, -0.2) is 42.0 Å². The van der Waals surface area contributed by atoms with Crippen LogP contribution in [0.1, 0.15) is 24.3 Å². The van der Waals surface area contributed by atoms with E-state index in [1.54, 1.807) is 18.2 Å². The summed E-state index contributed by atoms with van der Waals surface area (Å²) in [5.74, 6) is 0.702. The molecule has 3 aromatic rings. The zero-order chi connectivity index (χ0) is 20.8. The third-order valence-electron chi connectivity index (χ3n) is 4.09. The number of carbonyl (C=O) groups excluding carboxylic acids is 1. The number of methoxy groups -OCH3 is 1. The lowest BCUT2D eigenvalue weighted by Crippen LogP contribution is -2.28. The first kappa shape index (κ1) is 20.5. The van der Waals surface area contributed by atoms with E-state index in [0.717, 1.165) is 11.3 Å². The summed E-state index contributed by atoms with van der Waals surface area (Å²) < 4.78 is 12.0. The van der Waals surface area contributed by atoms with Crippen molar-refractivity contribution in [3.05, 3.63) is 51.4 Å². The van der Waals surface area contributed by atoms with Gasteiger partial charge in [0.25, 0.3) is 11.5 Å². The number of hydrogen-bond donors (Lipinski definition) is 1. The Labute approximate surface area is 171 Å². The first-order chi connectivity index (χ1) is 14.0. The summed E-state index contributed by atoms with van der Waals surface area (Å²) in [7, 11) is 1.51. The number of aryl methyl sites for hydroxylation is 1. The molecular formula is C20H22N4O4S. The Balaban J connectivity index is 1.80. The van der Waals surface area contributed by atoms with Gasteiger partial charge in [-0.15, -0.1) is 11.3 Å². The minimum Gasteiger partial charge on any atom is -0.493 e. The zero-order valence-electron chi connectivity index (χ0n) is 16.5. The lowest BCUT2D eigenvalue weighted by atomic mass is 10.2. The fraction of sp³-hybridized carbons (Fsp3) is 0.300. The summed E-state index contributed by atoms with van der Waals surface area (Å²) in [5.41, 5.74) is 0.495. The van der Waals surface area contributed by atoms with Crippen molar-refractivity contribution in [2.24, 2.45) is 5.10 Å². The molecule has 1 N–H and O–H groups in total. The summed E-state index contributed by atoms with van der Waals surface area (Å²) >= 11 is 1.52. The number of nitrogens with zero attached hydrogens (tertiary/aromatic N) is 3. The third-order valence-corrected chi connectivity index (χ3v) is 5.27. The smallest absolute Gasteiger partial charge is 0.282 e. The molecule has 0 saturated heterocycles. The van der Waals surface area contributed by atoms with Crippen LogP contribution in [0.2, 0.25) is 0 Å². The molecule has 0 saturated carbocycles. The second-order valence-electron chi connectivity index (χ2n) is 6.08. The van der Waals surface area contributed by atoms with Gasteiger partial charge in [-0.25, -0.2) is 4.98 Å². The molecule has 0 radical (unpaired) electrons. The van der Waals surface area contributed by atoms with Gasteiger partial charge in [0, 0.05) is 11.4 Å². The predicted molar refractivity (Wildman–Crippen MR) is 113 cm³/mol. The van der Waals surface area contributed by atoms with Crippen LogP contribution in [-0.2, 0) is 11.2 Å². The SMILES string of the molecule is CCNC(=O)COc1ccc(/C=N\n2cnc3sc(CC)cc3c2=O)cc1OC. The topological polar surface area (TPSA) is 94.8 Å². The van der Waals surface area contributed by atoms with Crippen LogP contribution < -0.4 is 20.3 Å². The molecule has 1 amide bonds. The summed E-state index contributed by atoms with van der Waals surface area (Å²) in [5, 5.41) is 7.46. The van der Waals surface area contributed by atoms with Gasteiger partial charge in [-0.1, -0.05) is 6.92 Å². The number of aromatic nitrogens is 2. The Morgan fingerprint density at radius 2 is 2.14 bits per heavy atom. The zero-order valence-corrected chi connectivity index (χ0v) is 17.3. The largest absolute Gasteiger partial charge is 0.493 e. The van der Waals surface area contributed by atoms with Gasteiger partial charge in [0.15, 0.2) is 18.1 Å². The van der Waals surface area contributed by atoms with Crippen molar-refractivity contribution in [3.63, 3.8) is 0 Å². The number of amides is 1. The quantitative estimate of drug-likeness (QED) is 0.571. The van der Waals surface area contributed by atoms with Crippen LogP contribution in [0.5, 0.6) is 11.5 Å². The molecule has 3 rings (SSSR count). The summed E-state index contributed by atoms with van der Waals surface area (Å²) in [6.07, 6.45) is 3.81. The number of hydrogen-bond acceptors (Lipinski definition) is 7. The second-order valence-corrected chi connectivity index (χ2v) is 7.19. The van der Waals surface area contributed by atoms with E-state index in [-0.39, 0.29) is 18.1 Å². The number of nitrogens with one attached hydrogen (secondary N) is 1. The van der Waals surface area contributed by atoms with E-state index in [0.29, 0.717) is 33.8 Å². The number of ether oxygens (including phenoxy) is 2. The van der Waals surface area contributed by atoms with Crippen LogP contribution in [0.3, 0.4) is 0 Å². The number of fused-ring (bicyclic) bond motifs is 1. The van der Waals surface area contributed by atoms with Crippen molar-refractivity contribution in [2.45, 2.75) is 20.3 Å². The maximum atomic E-state index is 12.6. The standard InChI is InChI=1S/C20H22N4O4S/c1-4-14-9-15-19(29-14)22-12-24(20(15)26)23-10-13-6-7-16(17(8-13)27-3)28-11-18(25)21-5-2/h6-10,12H,4-5,11H2,1-3H3,(H,21,25)/b23-10-. The minimum absolute atomic E-state index is 0.0981. The first-order valence-electron chi connectivity index (χ1n) is 9.17. The van der Waals surface area contributed by atoms with Gasteiger partial charge in [-0.2, -0.15) is 9.78 Å². The fourth-order valence-corrected chi connectivity index (χ4v) is 3.55. The highest BCUT2D eigenvalue weighted by molar-refractivity contribution is 7.18. The average molecular weight is 414 g/mol. The molecular weight excluding hydrogens is 392 g/mol. The Morgan fingerprint density at radius 1 is 1.31 bits per heavy atom. The fourth-order valence-electron chi connectivity index (χ4n) is 2.62. The molecule has 2 heterocycles. The number of carbonyl (C=O) groups is 1. The Hall–Kier alpha value is -3.20. The predicted octanol–water partition coefficient (Wildman–Crippen LogP) is 2.43. The van der Waals surface area contributed by atoms with Crippen LogP contribution in [0.4, 0.5) is 0 Å². The average Bonchev–Trinajstić information content (AvgIpc) is 3.16. The van der Waals surface area contributed by atoms with E-state index in [2.05, 4.69) is 15.4 Å². The maximum absolute atomic E-state index is 12.6. The van der Waals surface area contributed by atoms with Gasteiger partial charge in [0.1, 0.15) is 11.2 Å². The normalized spacial score (nSPS) is 11.1. The third kappa shape index (κ3) is 4.80. The second kappa shape index (κ2) is 9.33. The Bertz CT molecular complexity index is 1100. The van der Waals surface area contributed by atoms with E-state index in [9.17, 15) is 9.59 Å². The molecule has 0 bridgehead atoms. The Kier molecular flexibility index (Phi) is 6.61. The molecule has 0 aliphatic heterocycles. The summed E-state index contributed by atoms with van der Waals surface area (Å²) in [6, 6.07) is 7.03. The van der Waals surface area contributed by atoms with Crippen molar-refractivity contribution in [1.29, 1.82) is 0 Å². The van der Waals surface area contributed by atoms with Crippen molar-refractivity contribution in [2.75, 3.05) is 20.3 Å². The van der Waals surface area contributed by atoms with Gasteiger partial charge in [-0.05, 0) is 43.2 Å². The van der Waals surface area contributed by atoms with Gasteiger partial charge in [0.05, 0.1) is 18.7 Å². The molecule has 9 heteroatoms.